The highest BCUT2D eigenvalue weighted by molar-refractivity contribution is 7.09. The van der Waals surface area contributed by atoms with Crippen LogP contribution in [0.1, 0.15) is 10.4 Å². The molecule has 1 N–H and O–H groups in total. The quantitative estimate of drug-likeness (QED) is 0.851. The van der Waals surface area contributed by atoms with E-state index in [-0.39, 0.29) is 12.5 Å². The van der Waals surface area contributed by atoms with Gasteiger partial charge >= 0.3 is 0 Å². The van der Waals surface area contributed by atoms with Crippen LogP contribution in [0.15, 0.2) is 35.7 Å². The van der Waals surface area contributed by atoms with E-state index in [0.717, 1.165) is 6.42 Å². The lowest BCUT2D eigenvalue weighted by molar-refractivity contribution is -0.123. The van der Waals surface area contributed by atoms with Gasteiger partial charge < -0.3 is 14.8 Å². The molecule has 2 rings (SSSR count). The summed E-state index contributed by atoms with van der Waals surface area (Å²) in [5, 5.41) is 13.6. The number of nitrogens with one attached hydrogen (secondary N) is 1. The fraction of sp³-hybridized carbons (Fsp3) is 0.250. The molecular formula is C16H16N2O3S. The van der Waals surface area contributed by atoms with Crippen molar-refractivity contribution < 1.29 is 14.3 Å². The number of thiophene rings is 1. The summed E-state index contributed by atoms with van der Waals surface area (Å²) in [6.07, 6.45) is 0.809. The van der Waals surface area contributed by atoms with E-state index in [0.29, 0.717) is 23.6 Å². The van der Waals surface area contributed by atoms with Gasteiger partial charge in [0, 0.05) is 17.5 Å². The van der Waals surface area contributed by atoms with Gasteiger partial charge in [-0.05, 0) is 30.0 Å². The van der Waals surface area contributed by atoms with Crippen LogP contribution in [0.5, 0.6) is 11.5 Å². The van der Waals surface area contributed by atoms with Crippen molar-refractivity contribution in [1.82, 2.24) is 5.32 Å². The molecule has 1 amide bonds. The number of carbonyl (C=O) groups is 1. The molecule has 0 unspecified atom stereocenters. The minimum Gasteiger partial charge on any atom is -0.493 e. The Morgan fingerprint density at radius 3 is 2.91 bits per heavy atom. The fourth-order valence-corrected chi connectivity index (χ4v) is 2.54. The Bertz CT molecular complexity index is 663. The first-order valence-electron chi connectivity index (χ1n) is 6.73. The van der Waals surface area contributed by atoms with Crippen molar-refractivity contribution in [3.63, 3.8) is 0 Å². The highest BCUT2D eigenvalue weighted by Crippen LogP contribution is 2.27. The second-order valence-corrected chi connectivity index (χ2v) is 5.48. The van der Waals surface area contributed by atoms with Crippen molar-refractivity contribution in [2.24, 2.45) is 0 Å². The molecule has 0 bridgehead atoms. The summed E-state index contributed by atoms with van der Waals surface area (Å²) in [6.45, 7) is 0.486. The van der Waals surface area contributed by atoms with Crippen molar-refractivity contribution in [2.75, 3.05) is 20.3 Å². The lowest BCUT2D eigenvalue weighted by Gasteiger charge is -2.10. The zero-order valence-electron chi connectivity index (χ0n) is 12.2. The molecule has 0 fully saturated rings. The lowest BCUT2D eigenvalue weighted by Crippen LogP contribution is -2.30. The van der Waals surface area contributed by atoms with E-state index in [9.17, 15) is 4.79 Å². The van der Waals surface area contributed by atoms with E-state index in [1.807, 2.05) is 23.6 Å². The van der Waals surface area contributed by atoms with Gasteiger partial charge in [-0.15, -0.1) is 11.3 Å². The van der Waals surface area contributed by atoms with Gasteiger partial charge in [0.05, 0.1) is 18.7 Å². The van der Waals surface area contributed by atoms with Gasteiger partial charge in [0.2, 0.25) is 0 Å². The fourth-order valence-electron chi connectivity index (χ4n) is 1.83. The minimum absolute atomic E-state index is 0.0906. The first kappa shape index (κ1) is 15.9. The van der Waals surface area contributed by atoms with Crippen molar-refractivity contribution >= 4 is 17.2 Å². The lowest BCUT2D eigenvalue weighted by atomic mass is 10.2. The van der Waals surface area contributed by atoms with Gasteiger partial charge in [0.25, 0.3) is 5.91 Å². The number of benzene rings is 1. The highest BCUT2D eigenvalue weighted by Gasteiger charge is 2.08. The standard InChI is InChI=1S/C16H16N2O3S/c1-20-15-9-12(10-17)4-5-14(15)21-11-16(19)18-7-6-13-3-2-8-22-13/h2-5,8-9H,6-7,11H2,1H3,(H,18,19). The van der Waals surface area contributed by atoms with Crippen LogP contribution in [0.2, 0.25) is 0 Å². The molecule has 1 aromatic heterocycles. The zero-order valence-corrected chi connectivity index (χ0v) is 13.0. The van der Waals surface area contributed by atoms with Gasteiger partial charge in [0.1, 0.15) is 0 Å². The van der Waals surface area contributed by atoms with E-state index >= 15 is 0 Å². The van der Waals surface area contributed by atoms with Crippen LogP contribution < -0.4 is 14.8 Å². The van der Waals surface area contributed by atoms with Gasteiger partial charge in [0.15, 0.2) is 18.1 Å². The molecule has 114 valence electrons. The van der Waals surface area contributed by atoms with Crippen LogP contribution in [0.3, 0.4) is 0 Å². The molecule has 0 aliphatic rings. The molecule has 1 heterocycles. The summed E-state index contributed by atoms with van der Waals surface area (Å²) < 4.78 is 10.6. The van der Waals surface area contributed by atoms with Crippen LogP contribution in [-0.2, 0) is 11.2 Å². The molecule has 0 saturated heterocycles. The average Bonchev–Trinajstić information content (AvgIpc) is 3.06. The highest BCUT2D eigenvalue weighted by atomic mass is 32.1. The van der Waals surface area contributed by atoms with Gasteiger partial charge in [-0.1, -0.05) is 6.07 Å². The molecule has 1 aromatic carbocycles. The molecule has 5 nitrogen and oxygen atoms in total. The third-order valence-corrected chi connectivity index (χ3v) is 3.86. The predicted molar refractivity (Wildman–Crippen MR) is 84.2 cm³/mol. The predicted octanol–water partition coefficient (Wildman–Crippen LogP) is 2.37. The Labute approximate surface area is 133 Å². The number of hydrogen-bond acceptors (Lipinski definition) is 5. The van der Waals surface area contributed by atoms with Crippen molar-refractivity contribution in [2.45, 2.75) is 6.42 Å². The second-order valence-electron chi connectivity index (χ2n) is 4.45. The third-order valence-electron chi connectivity index (χ3n) is 2.93. The Morgan fingerprint density at radius 2 is 2.23 bits per heavy atom. The summed E-state index contributed by atoms with van der Waals surface area (Å²) >= 11 is 1.67. The van der Waals surface area contributed by atoms with Crippen molar-refractivity contribution in [1.29, 1.82) is 5.26 Å². The average molecular weight is 316 g/mol. The van der Waals surface area contributed by atoms with Crippen LogP contribution in [0, 0.1) is 11.3 Å². The largest absolute Gasteiger partial charge is 0.493 e. The number of amides is 1. The van der Waals surface area contributed by atoms with Crippen molar-refractivity contribution in [3.8, 4) is 17.6 Å². The Balaban J connectivity index is 1.79. The number of rotatable bonds is 7. The van der Waals surface area contributed by atoms with Crippen LogP contribution in [0.4, 0.5) is 0 Å². The molecule has 0 radical (unpaired) electrons. The number of nitriles is 1. The molecule has 0 saturated carbocycles. The topological polar surface area (TPSA) is 71.3 Å². The van der Waals surface area contributed by atoms with E-state index in [1.165, 1.54) is 12.0 Å². The molecule has 6 heteroatoms. The molecule has 0 aliphatic carbocycles. The van der Waals surface area contributed by atoms with E-state index < -0.39 is 0 Å². The van der Waals surface area contributed by atoms with E-state index in [1.54, 1.807) is 29.5 Å². The summed E-state index contributed by atoms with van der Waals surface area (Å²) in [6, 6.07) is 10.9. The maximum atomic E-state index is 11.7. The molecule has 22 heavy (non-hydrogen) atoms. The SMILES string of the molecule is COc1cc(C#N)ccc1OCC(=O)NCCc1cccs1. The first-order chi connectivity index (χ1) is 10.7. The smallest absolute Gasteiger partial charge is 0.257 e. The van der Waals surface area contributed by atoms with E-state index in [4.69, 9.17) is 14.7 Å². The Morgan fingerprint density at radius 1 is 1.36 bits per heavy atom. The van der Waals surface area contributed by atoms with Crippen molar-refractivity contribution in [3.05, 3.63) is 46.2 Å². The van der Waals surface area contributed by atoms with E-state index in [2.05, 4.69) is 5.32 Å². The third kappa shape index (κ3) is 4.50. The normalized spacial score (nSPS) is 9.82. The maximum absolute atomic E-state index is 11.7. The first-order valence-corrected chi connectivity index (χ1v) is 7.61. The minimum atomic E-state index is -0.192. The summed E-state index contributed by atoms with van der Waals surface area (Å²) in [7, 11) is 1.49. The Hall–Kier alpha value is -2.52. The van der Waals surface area contributed by atoms with Gasteiger partial charge in [-0.3, -0.25) is 4.79 Å². The van der Waals surface area contributed by atoms with Gasteiger partial charge in [-0.2, -0.15) is 5.26 Å². The molecule has 0 aliphatic heterocycles. The molecule has 2 aromatic rings. The Kier molecular flexibility index (Phi) is 5.81. The number of nitrogens with zero attached hydrogens (tertiary/aromatic N) is 1. The molecular weight excluding hydrogens is 300 g/mol. The summed E-state index contributed by atoms with van der Waals surface area (Å²) in [4.78, 5) is 13.0. The van der Waals surface area contributed by atoms with Gasteiger partial charge in [-0.25, -0.2) is 0 Å². The molecule has 0 atom stereocenters. The second kappa shape index (κ2) is 8.05. The molecule has 0 spiro atoms. The zero-order chi connectivity index (χ0) is 15.8. The monoisotopic (exact) mass is 316 g/mol. The number of hydrogen-bond donors (Lipinski definition) is 1. The number of ether oxygens (including phenoxy) is 2. The number of methoxy groups -OCH3 is 1. The summed E-state index contributed by atoms with van der Waals surface area (Å²) in [5.74, 6) is 0.684. The summed E-state index contributed by atoms with van der Waals surface area (Å²) in [5.41, 5.74) is 0.476. The van der Waals surface area contributed by atoms with Crippen LogP contribution in [0.25, 0.3) is 0 Å². The number of carbonyl (C=O) groups excluding carboxylic acids is 1. The van der Waals surface area contributed by atoms with Crippen LogP contribution >= 0.6 is 11.3 Å². The maximum Gasteiger partial charge on any atom is 0.257 e. The van der Waals surface area contributed by atoms with Crippen LogP contribution in [-0.4, -0.2) is 26.2 Å².